The van der Waals surface area contributed by atoms with Gasteiger partial charge in [-0.3, -0.25) is 4.90 Å². The van der Waals surface area contributed by atoms with Gasteiger partial charge in [0.15, 0.2) is 0 Å². The van der Waals surface area contributed by atoms with Crippen molar-refractivity contribution in [3.05, 3.63) is 34.3 Å². The third-order valence-corrected chi connectivity index (χ3v) is 4.84. The Bertz CT molecular complexity index is 417. The molecule has 3 nitrogen and oxygen atoms in total. The SMILES string of the molecule is Brc1ccc(C2CN(CC3CCCNC3)CCO2)cc1. The number of benzene rings is 1. The summed E-state index contributed by atoms with van der Waals surface area (Å²) in [4.78, 5) is 2.58. The van der Waals surface area contributed by atoms with Gasteiger partial charge in [-0.05, 0) is 49.5 Å². The van der Waals surface area contributed by atoms with Crippen LogP contribution >= 0.6 is 15.9 Å². The van der Waals surface area contributed by atoms with E-state index in [2.05, 4.69) is 50.4 Å². The van der Waals surface area contributed by atoms with Gasteiger partial charge >= 0.3 is 0 Å². The summed E-state index contributed by atoms with van der Waals surface area (Å²) in [7, 11) is 0. The van der Waals surface area contributed by atoms with Crippen molar-refractivity contribution >= 4 is 15.9 Å². The van der Waals surface area contributed by atoms with Crippen LogP contribution in [-0.4, -0.2) is 44.2 Å². The van der Waals surface area contributed by atoms with E-state index < -0.39 is 0 Å². The maximum absolute atomic E-state index is 5.95. The van der Waals surface area contributed by atoms with Crippen LogP contribution in [0.1, 0.15) is 24.5 Å². The second-order valence-electron chi connectivity index (χ2n) is 5.88. The van der Waals surface area contributed by atoms with E-state index in [1.165, 1.54) is 38.0 Å². The van der Waals surface area contributed by atoms with E-state index in [0.717, 1.165) is 30.1 Å². The first kappa shape index (κ1) is 14.5. The average Bonchev–Trinajstić information content (AvgIpc) is 2.49. The zero-order chi connectivity index (χ0) is 13.8. The minimum absolute atomic E-state index is 0.230. The molecule has 1 aromatic rings. The summed E-state index contributed by atoms with van der Waals surface area (Å²) in [6.45, 7) is 6.54. The van der Waals surface area contributed by atoms with Crippen LogP contribution in [0.3, 0.4) is 0 Å². The Kier molecular flexibility index (Phi) is 5.10. The lowest BCUT2D eigenvalue weighted by Gasteiger charge is -2.36. The van der Waals surface area contributed by atoms with E-state index in [1.54, 1.807) is 0 Å². The third kappa shape index (κ3) is 3.82. The van der Waals surface area contributed by atoms with Crippen LogP contribution in [0.25, 0.3) is 0 Å². The Hall–Kier alpha value is -0.420. The van der Waals surface area contributed by atoms with Crippen LogP contribution in [0.2, 0.25) is 0 Å². The topological polar surface area (TPSA) is 24.5 Å². The summed E-state index contributed by atoms with van der Waals surface area (Å²) in [6.07, 6.45) is 2.92. The van der Waals surface area contributed by atoms with Crippen molar-refractivity contribution in [1.82, 2.24) is 10.2 Å². The molecule has 2 aliphatic rings. The number of morpholine rings is 1. The van der Waals surface area contributed by atoms with Gasteiger partial charge in [-0.1, -0.05) is 28.1 Å². The second-order valence-corrected chi connectivity index (χ2v) is 6.80. The molecule has 0 saturated carbocycles. The zero-order valence-electron chi connectivity index (χ0n) is 11.9. The quantitative estimate of drug-likeness (QED) is 0.917. The molecular formula is C16H23BrN2O. The molecule has 2 saturated heterocycles. The van der Waals surface area contributed by atoms with Crippen LogP contribution in [0.15, 0.2) is 28.7 Å². The summed E-state index contributed by atoms with van der Waals surface area (Å²) >= 11 is 3.49. The number of halogens is 1. The fraction of sp³-hybridized carbons (Fsp3) is 0.625. The van der Waals surface area contributed by atoms with Crippen LogP contribution in [0.4, 0.5) is 0 Å². The lowest BCUT2D eigenvalue weighted by molar-refractivity contribution is -0.0353. The standard InChI is InChI=1S/C16H23BrN2O/c17-15-5-3-14(4-6-15)16-12-19(8-9-20-16)11-13-2-1-7-18-10-13/h3-6,13,16,18H,1-2,7-12H2. The molecule has 0 aromatic heterocycles. The fourth-order valence-corrected chi connectivity index (χ4v) is 3.46. The summed E-state index contributed by atoms with van der Waals surface area (Å²) in [5, 5.41) is 3.51. The van der Waals surface area contributed by atoms with Gasteiger partial charge in [0.05, 0.1) is 12.7 Å². The Morgan fingerprint density at radius 1 is 1.30 bits per heavy atom. The summed E-state index contributed by atoms with van der Waals surface area (Å²) in [5.41, 5.74) is 1.29. The highest BCUT2D eigenvalue weighted by molar-refractivity contribution is 9.10. The first-order valence-corrected chi connectivity index (χ1v) is 8.41. The largest absolute Gasteiger partial charge is 0.371 e. The number of nitrogens with zero attached hydrogens (tertiary/aromatic N) is 1. The number of nitrogens with one attached hydrogen (secondary N) is 1. The molecule has 1 aromatic carbocycles. The van der Waals surface area contributed by atoms with Gasteiger partial charge in [-0.25, -0.2) is 0 Å². The molecule has 1 N–H and O–H groups in total. The molecule has 2 unspecified atom stereocenters. The predicted octanol–water partition coefficient (Wildman–Crippen LogP) is 2.82. The first-order valence-electron chi connectivity index (χ1n) is 7.61. The molecule has 20 heavy (non-hydrogen) atoms. The monoisotopic (exact) mass is 338 g/mol. The molecule has 0 bridgehead atoms. The summed E-state index contributed by atoms with van der Waals surface area (Å²) in [5.74, 6) is 0.812. The first-order chi connectivity index (χ1) is 9.81. The van der Waals surface area contributed by atoms with Gasteiger partial charge < -0.3 is 10.1 Å². The Labute approximate surface area is 129 Å². The van der Waals surface area contributed by atoms with Crippen molar-refractivity contribution in [1.29, 1.82) is 0 Å². The van der Waals surface area contributed by atoms with Crippen molar-refractivity contribution in [2.75, 3.05) is 39.3 Å². The molecule has 2 fully saturated rings. The van der Waals surface area contributed by atoms with Crippen molar-refractivity contribution in [2.45, 2.75) is 18.9 Å². The molecular weight excluding hydrogens is 316 g/mol. The highest BCUT2D eigenvalue weighted by Gasteiger charge is 2.24. The van der Waals surface area contributed by atoms with Gasteiger partial charge in [-0.2, -0.15) is 0 Å². The Balaban J connectivity index is 1.57. The Morgan fingerprint density at radius 3 is 2.90 bits per heavy atom. The molecule has 0 amide bonds. The molecule has 110 valence electrons. The number of rotatable bonds is 3. The van der Waals surface area contributed by atoms with Crippen LogP contribution in [0, 0.1) is 5.92 Å². The highest BCUT2D eigenvalue weighted by atomic mass is 79.9. The molecule has 2 heterocycles. The third-order valence-electron chi connectivity index (χ3n) is 4.31. The zero-order valence-corrected chi connectivity index (χ0v) is 13.4. The van der Waals surface area contributed by atoms with Crippen LogP contribution < -0.4 is 5.32 Å². The van der Waals surface area contributed by atoms with Gasteiger partial charge in [0.1, 0.15) is 0 Å². The number of hydrogen-bond acceptors (Lipinski definition) is 3. The number of piperidine rings is 1. The molecule has 0 radical (unpaired) electrons. The van der Waals surface area contributed by atoms with E-state index in [0.29, 0.717) is 0 Å². The summed E-state index contributed by atoms with van der Waals surface area (Å²) in [6, 6.07) is 8.53. The van der Waals surface area contributed by atoms with Crippen molar-refractivity contribution in [2.24, 2.45) is 5.92 Å². The number of hydrogen-bond donors (Lipinski definition) is 1. The maximum Gasteiger partial charge on any atom is 0.0952 e. The highest BCUT2D eigenvalue weighted by Crippen LogP contribution is 2.25. The van der Waals surface area contributed by atoms with Crippen molar-refractivity contribution in [3.8, 4) is 0 Å². The minimum Gasteiger partial charge on any atom is -0.371 e. The van der Waals surface area contributed by atoms with Gasteiger partial charge in [-0.15, -0.1) is 0 Å². The molecule has 0 spiro atoms. The van der Waals surface area contributed by atoms with Crippen LogP contribution in [0.5, 0.6) is 0 Å². The minimum atomic E-state index is 0.230. The maximum atomic E-state index is 5.95. The number of ether oxygens (including phenoxy) is 1. The average molecular weight is 339 g/mol. The van der Waals surface area contributed by atoms with E-state index in [1.807, 2.05) is 0 Å². The molecule has 2 aliphatic heterocycles. The molecule has 0 aliphatic carbocycles. The van der Waals surface area contributed by atoms with Crippen molar-refractivity contribution in [3.63, 3.8) is 0 Å². The van der Waals surface area contributed by atoms with E-state index in [-0.39, 0.29) is 6.10 Å². The molecule has 2 atom stereocenters. The smallest absolute Gasteiger partial charge is 0.0952 e. The van der Waals surface area contributed by atoms with E-state index in [9.17, 15) is 0 Å². The van der Waals surface area contributed by atoms with Crippen LogP contribution in [-0.2, 0) is 4.74 Å². The van der Waals surface area contributed by atoms with Gasteiger partial charge in [0, 0.05) is 24.1 Å². The van der Waals surface area contributed by atoms with Gasteiger partial charge in [0.2, 0.25) is 0 Å². The lowest BCUT2D eigenvalue weighted by atomic mass is 9.98. The van der Waals surface area contributed by atoms with E-state index in [4.69, 9.17) is 4.74 Å². The predicted molar refractivity (Wildman–Crippen MR) is 84.9 cm³/mol. The normalized spacial score (nSPS) is 28.4. The summed E-state index contributed by atoms with van der Waals surface area (Å²) < 4.78 is 7.08. The van der Waals surface area contributed by atoms with E-state index >= 15 is 0 Å². The molecule has 3 rings (SSSR count). The fourth-order valence-electron chi connectivity index (χ4n) is 3.19. The second kappa shape index (κ2) is 7.03. The molecule has 4 heteroatoms. The van der Waals surface area contributed by atoms with Crippen molar-refractivity contribution < 1.29 is 4.74 Å². The van der Waals surface area contributed by atoms with Gasteiger partial charge in [0.25, 0.3) is 0 Å². The lowest BCUT2D eigenvalue weighted by Crippen LogP contribution is -2.44. The Morgan fingerprint density at radius 2 is 2.15 bits per heavy atom.